The van der Waals surface area contributed by atoms with Crippen LogP contribution in [0.4, 0.5) is 0 Å². The van der Waals surface area contributed by atoms with E-state index >= 15 is 0 Å². The predicted octanol–water partition coefficient (Wildman–Crippen LogP) is 6.06. The highest BCUT2D eigenvalue weighted by molar-refractivity contribution is 6.02. The van der Waals surface area contributed by atoms with E-state index in [2.05, 4.69) is 23.2 Å². The van der Waals surface area contributed by atoms with Gasteiger partial charge in [-0.2, -0.15) is 5.26 Å². The largest absolute Gasteiger partial charge is 0.293 e. The molecule has 0 radical (unpaired) electrons. The summed E-state index contributed by atoms with van der Waals surface area (Å²) in [5.41, 5.74) is 6.14. The van der Waals surface area contributed by atoms with Crippen LogP contribution in [0.2, 0.25) is 0 Å². The Morgan fingerprint density at radius 1 is 1.00 bits per heavy atom. The lowest BCUT2D eigenvalue weighted by Crippen LogP contribution is -2.31. The molecule has 2 aromatic heterocycles. The summed E-state index contributed by atoms with van der Waals surface area (Å²) in [5, 5.41) is 10.7. The minimum atomic E-state index is -0.203. The van der Waals surface area contributed by atoms with Crippen LogP contribution in [0, 0.1) is 23.2 Å². The maximum absolute atomic E-state index is 12.8. The standard InChI is InChI=1S/C30H24N4O/c1-18-21-10-5-12-24-27(19-8-3-2-4-9-19)33-30(23-11-6-14-26-22(23)13-7-15-32-26)34-28(24)25(21)16-20(17-31)29(18)35/h2-4,6-9,11,13-16,18,21,25H,5,10,12H2,1H3. The molecule has 0 saturated heterocycles. The molecule has 0 amide bonds. The third-order valence-corrected chi connectivity index (χ3v) is 7.50. The Morgan fingerprint density at radius 3 is 2.69 bits per heavy atom. The number of aromatic nitrogens is 3. The second-order valence-corrected chi connectivity index (χ2v) is 9.43. The van der Waals surface area contributed by atoms with E-state index in [-0.39, 0.29) is 29.1 Å². The Hall–Kier alpha value is -4.17. The van der Waals surface area contributed by atoms with Crippen molar-refractivity contribution in [2.24, 2.45) is 11.8 Å². The number of fused-ring (bicyclic) bond motifs is 4. The van der Waals surface area contributed by atoms with Crippen LogP contribution in [0.5, 0.6) is 0 Å². The van der Waals surface area contributed by atoms with Gasteiger partial charge in [-0.25, -0.2) is 9.97 Å². The monoisotopic (exact) mass is 456 g/mol. The SMILES string of the molecule is CC1C(=O)C(C#N)=CC2c3nc(-c4cccc5ncccc45)nc(-c4ccccc4)c3CCCC12. The number of benzene rings is 2. The first-order chi connectivity index (χ1) is 17.2. The van der Waals surface area contributed by atoms with Gasteiger partial charge in [0.05, 0.1) is 22.5 Å². The number of hydrogen-bond donors (Lipinski definition) is 0. The number of pyridine rings is 1. The Balaban J connectivity index is 1.66. The Labute approximate surface area is 204 Å². The zero-order valence-electron chi connectivity index (χ0n) is 19.5. The number of nitrogens with zero attached hydrogens (tertiary/aromatic N) is 4. The summed E-state index contributed by atoms with van der Waals surface area (Å²) >= 11 is 0. The van der Waals surface area contributed by atoms with E-state index in [9.17, 15) is 10.1 Å². The van der Waals surface area contributed by atoms with Crippen LogP contribution in [-0.2, 0) is 11.2 Å². The van der Waals surface area contributed by atoms with E-state index in [0.717, 1.165) is 58.2 Å². The molecule has 35 heavy (non-hydrogen) atoms. The van der Waals surface area contributed by atoms with Crippen LogP contribution >= 0.6 is 0 Å². The molecule has 5 heteroatoms. The average Bonchev–Trinajstić information content (AvgIpc) is 3.10. The number of carbonyl (C=O) groups excluding carboxylic acids is 1. The molecule has 2 aliphatic carbocycles. The molecule has 0 spiro atoms. The van der Waals surface area contributed by atoms with Crippen molar-refractivity contribution < 1.29 is 4.79 Å². The van der Waals surface area contributed by atoms with Gasteiger partial charge < -0.3 is 0 Å². The summed E-state index contributed by atoms with van der Waals surface area (Å²) in [6.07, 6.45) is 6.39. The quantitative estimate of drug-likeness (QED) is 0.366. The molecule has 0 bridgehead atoms. The van der Waals surface area contributed by atoms with Gasteiger partial charge in [-0.15, -0.1) is 0 Å². The molecule has 4 aromatic rings. The molecule has 0 saturated carbocycles. The van der Waals surface area contributed by atoms with E-state index in [4.69, 9.17) is 9.97 Å². The maximum atomic E-state index is 12.8. The van der Waals surface area contributed by atoms with Gasteiger partial charge in [-0.05, 0) is 37.3 Å². The lowest BCUT2D eigenvalue weighted by molar-refractivity contribution is -0.120. The fourth-order valence-corrected chi connectivity index (χ4v) is 5.73. The number of ketones is 1. The summed E-state index contributed by atoms with van der Waals surface area (Å²) in [7, 11) is 0. The molecule has 2 aromatic carbocycles. The molecule has 0 fully saturated rings. The van der Waals surface area contributed by atoms with Crippen LogP contribution in [0.1, 0.15) is 36.9 Å². The number of carbonyl (C=O) groups is 1. The Kier molecular flexibility index (Phi) is 5.22. The summed E-state index contributed by atoms with van der Waals surface area (Å²) in [5.74, 6) is 0.438. The first-order valence-electron chi connectivity index (χ1n) is 12.1. The van der Waals surface area contributed by atoms with Crippen molar-refractivity contribution in [1.29, 1.82) is 5.26 Å². The molecule has 3 unspecified atom stereocenters. The number of allylic oxidation sites excluding steroid dienone is 2. The van der Waals surface area contributed by atoms with Gasteiger partial charge in [0, 0.05) is 40.1 Å². The van der Waals surface area contributed by atoms with Crippen molar-refractivity contribution in [1.82, 2.24) is 15.0 Å². The molecule has 0 N–H and O–H groups in total. The zero-order chi connectivity index (χ0) is 23.9. The minimum Gasteiger partial charge on any atom is -0.293 e. The van der Waals surface area contributed by atoms with E-state index in [1.165, 1.54) is 0 Å². The highest BCUT2D eigenvalue weighted by atomic mass is 16.1. The number of hydrogen-bond acceptors (Lipinski definition) is 5. The molecule has 2 heterocycles. The van der Waals surface area contributed by atoms with Gasteiger partial charge >= 0.3 is 0 Å². The molecule has 5 nitrogen and oxygen atoms in total. The highest BCUT2D eigenvalue weighted by Crippen LogP contribution is 2.46. The maximum Gasteiger partial charge on any atom is 0.176 e. The van der Waals surface area contributed by atoms with Crippen molar-refractivity contribution in [3.8, 4) is 28.7 Å². The summed E-state index contributed by atoms with van der Waals surface area (Å²) < 4.78 is 0. The predicted molar refractivity (Wildman–Crippen MR) is 135 cm³/mol. The van der Waals surface area contributed by atoms with Crippen LogP contribution in [0.3, 0.4) is 0 Å². The fraction of sp³-hybridized carbons (Fsp3) is 0.233. The topological polar surface area (TPSA) is 79.5 Å². The molecule has 0 aliphatic heterocycles. The average molecular weight is 457 g/mol. The van der Waals surface area contributed by atoms with E-state index in [0.29, 0.717) is 5.82 Å². The van der Waals surface area contributed by atoms with Crippen molar-refractivity contribution in [3.05, 3.63) is 89.8 Å². The molecular formula is C30H24N4O. The van der Waals surface area contributed by atoms with Crippen LogP contribution < -0.4 is 0 Å². The van der Waals surface area contributed by atoms with Gasteiger partial charge in [-0.1, -0.05) is 61.5 Å². The normalized spacial score (nSPS) is 21.4. The Morgan fingerprint density at radius 2 is 1.86 bits per heavy atom. The Bertz CT molecular complexity index is 1530. The van der Waals surface area contributed by atoms with E-state index in [1.54, 1.807) is 6.20 Å². The van der Waals surface area contributed by atoms with Crippen LogP contribution in [0.15, 0.2) is 78.5 Å². The lowest BCUT2D eigenvalue weighted by atomic mass is 9.71. The minimum absolute atomic E-state index is 0.0464. The number of Topliss-reactive ketones (excluding diaryl/α,β-unsaturated/α-hetero) is 1. The molecule has 170 valence electrons. The zero-order valence-corrected chi connectivity index (χ0v) is 19.5. The number of rotatable bonds is 2. The van der Waals surface area contributed by atoms with Gasteiger partial charge in [0.25, 0.3) is 0 Å². The van der Waals surface area contributed by atoms with Gasteiger partial charge in [0.15, 0.2) is 11.6 Å². The van der Waals surface area contributed by atoms with Crippen molar-refractivity contribution in [2.75, 3.05) is 0 Å². The third kappa shape index (κ3) is 3.54. The van der Waals surface area contributed by atoms with Crippen LogP contribution in [-0.4, -0.2) is 20.7 Å². The third-order valence-electron chi connectivity index (χ3n) is 7.50. The second-order valence-electron chi connectivity index (χ2n) is 9.43. The second kappa shape index (κ2) is 8.56. The van der Waals surface area contributed by atoms with Crippen molar-refractivity contribution in [2.45, 2.75) is 32.1 Å². The summed E-state index contributed by atoms with van der Waals surface area (Å²) in [4.78, 5) is 27.7. The van der Waals surface area contributed by atoms with Gasteiger partial charge in [0.2, 0.25) is 0 Å². The lowest BCUT2D eigenvalue weighted by Gasteiger charge is -2.32. The number of nitriles is 1. The van der Waals surface area contributed by atoms with Crippen molar-refractivity contribution >= 4 is 16.7 Å². The summed E-state index contributed by atoms with van der Waals surface area (Å²) in [6.45, 7) is 1.96. The van der Waals surface area contributed by atoms with E-state index in [1.807, 2.05) is 61.5 Å². The molecular weight excluding hydrogens is 432 g/mol. The van der Waals surface area contributed by atoms with E-state index < -0.39 is 0 Å². The highest BCUT2D eigenvalue weighted by Gasteiger charge is 2.40. The first kappa shape index (κ1) is 21.4. The fourth-order valence-electron chi connectivity index (χ4n) is 5.73. The molecule has 6 rings (SSSR count). The molecule has 3 atom stereocenters. The van der Waals surface area contributed by atoms with Crippen LogP contribution in [0.25, 0.3) is 33.5 Å². The van der Waals surface area contributed by atoms with Gasteiger partial charge in [-0.3, -0.25) is 9.78 Å². The smallest absolute Gasteiger partial charge is 0.176 e. The first-order valence-corrected chi connectivity index (χ1v) is 12.1. The molecule has 2 aliphatic rings. The van der Waals surface area contributed by atoms with Gasteiger partial charge in [0.1, 0.15) is 6.07 Å². The van der Waals surface area contributed by atoms with Crippen molar-refractivity contribution in [3.63, 3.8) is 0 Å². The summed E-state index contributed by atoms with van der Waals surface area (Å²) in [6, 6.07) is 22.4.